The number of nitrogens with one attached hydrogen (secondary N) is 3. The molecular weight excluding hydrogens is 402 g/mol. The summed E-state index contributed by atoms with van der Waals surface area (Å²) in [6, 6.07) is 1.87. The summed E-state index contributed by atoms with van der Waals surface area (Å²) in [5, 5.41) is 21.5. The van der Waals surface area contributed by atoms with Crippen molar-refractivity contribution in [1.29, 1.82) is 10.8 Å². The van der Waals surface area contributed by atoms with Crippen LogP contribution in [0.4, 0.5) is 23.4 Å². The summed E-state index contributed by atoms with van der Waals surface area (Å²) in [6.45, 7) is 2.00. The van der Waals surface area contributed by atoms with Crippen molar-refractivity contribution in [2.24, 2.45) is 5.92 Å². The number of rotatable bonds is 7. The molecular formula is C20H19F4N5O. The van der Waals surface area contributed by atoms with E-state index in [1.165, 1.54) is 11.0 Å². The number of aromatic nitrogens is 2. The Kier molecular flexibility index (Phi) is 6.14. The minimum absolute atomic E-state index is 0.0939. The van der Waals surface area contributed by atoms with Gasteiger partial charge in [-0.05, 0) is 37.5 Å². The van der Waals surface area contributed by atoms with E-state index in [2.05, 4.69) is 10.2 Å². The smallest absolute Gasteiger partial charge is 0.267 e. The van der Waals surface area contributed by atoms with Gasteiger partial charge in [0.05, 0.1) is 11.3 Å². The van der Waals surface area contributed by atoms with E-state index in [4.69, 9.17) is 10.8 Å². The molecule has 0 radical (unpaired) electrons. The van der Waals surface area contributed by atoms with Crippen LogP contribution in [0.3, 0.4) is 0 Å². The lowest BCUT2D eigenvalue weighted by Crippen LogP contribution is -2.28. The van der Waals surface area contributed by atoms with Crippen LogP contribution in [0.5, 0.6) is 0 Å². The van der Waals surface area contributed by atoms with E-state index >= 15 is 0 Å². The third-order valence-electron chi connectivity index (χ3n) is 5.17. The third kappa shape index (κ3) is 3.77. The highest BCUT2D eigenvalue weighted by Gasteiger charge is 2.36. The first-order valence-corrected chi connectivity index (χ1v) is 9.13. The molecule has 1 fully saturated rings. The maximum Gasteiger partial charge on any atom is 0.267 e. The molecule has 10 heteroatoms. The van der Waals surface area contributed by atoms with E-state index in [1.807, 2.05) is 0 Å². The maximum atomic E-state index is 13.8. The quantitative estimate of drug-likeness (QED) is 0.461. The highest BCUT2D eigenvalue weighted by Crippen LogP contribution is 2.34. The lowest BCUT2D eigenvalue weighted by molar-refractivity contribution is -0.120. The van der Waals surface area contributed by atoms with Gasteiger partial charge in [-0.1, -0.05) is 6.07 Å². The molecule has 2 heterocycles. The van der Waals surface area contributed by atoms with E-state index in [9.17, 15) is 22.4 Å². The number of nitrogens with zero attached hydrogens (tertiary/aromatic N) is 2. The Hall–Kier alpha value is -3.30. The van der Waals surface area contributed by atoms with Gasteiger partial charge in [-0.3, -0.25) is 14.8 Å². The van der Waals surface area contributed by atoms with Gasteiger partial charge >= 0.3 is 0 Å². The van der Waals surface area contributed by atoms with Gasteiger partial charge in [0.15, 0.2) is 17.5 Å². The first-order chi connectivity index (χ1) is 14.3. The Morgan fingerprint density at radius 2 is 2.10 bits per heavy atom. The van der Waals surface area contributed by atoms with Crippen molar-refractivity contribution in [2.75, 3.05) is 11.4 Å². The van der Waals surface area contributed by atoms with Gasteiger partial charge in [-0.15, -0.1) is 0 Å². The summed E-state index contributed by atoms with van der Waals surface area (Å²) in [6.07, 6.45) is 0.497. The minimum atomic E-state index is -3.19. The fraction of sp³-hybridized carbons (Fsp3) is 0.300. The molecule has 1 amide bonds. The molecule has 2 aromatic rings. The Bertz CT molecular complexity index is 1030. The molecule has 0 bridgehead atoms. The summed E-state index contributed by atoms with van der Waals surface area (Å²) in [4.78, 5) is 14.3. The van der Waals surface area contributed by atoms with Gasteiger partial charge in [0.1, 0.15) is 0 Å². The Labute approximate surface area is 169 Å². The van der Waals surface area contributed by atoms with Crippen molar-refractivity contribution in [3.8, 4) is 0 Å². The summed E-state index contributed by atoms with van der Waals surface area (Å²) in [5.74, 6) is -3.63. The molecule has 158 valence electrons. The number of allylic oxidation sites excluding steroid dienone is 2. The summed E-state index contributed by atoms with van der Waals surface area (Å²) >= 11 is 0. The maximum absolute atomic E-state index is 13.8. The number of hydrogen-bond acceptors (Lipinski definition) is 4. The highest BCUT2D eigenvalue weighted by atomic mass is 19.3. The molecule has 1 saturated heterocycles. The Morgan fingerprint density at radius 1 is 1.37 bits per heavy atom. The summed E-state index contributed by atoms with van der Waals surface area (Å²) < 4.78 is 53.7. The number of anilines is 1. The zero-order valence-corrected chi connectivity index (χ0v) is 16.0. The van der Waals surface area contributed by atoms with Crippen LogP contribution in [0.2, 0.25) is 0 Å². The molecule has 30 heavy (non-hydrogen) atoms. The van der Waals surface area contributed by atoms with Gasteiger partial charge in [-0.2, -0.15) is 5.10 Å². The van der Waals surface area contributed by atoms with Crippen molar-refractivity contribution in [1.82, 2.24) is 10.2 Å². The van der Waals surface area contributed by atoms with Crippen LogP contribution >= 0.6 is 0 Å². The van der Waals surface area contributed by atoms with E-state index < -0.39 is 29.5 Å². The van der Waals surface area contributed by atoms with Crippen molar-refractivity contribution in [3.63, 3.8) is 0 Å². The molecule has 0 saturated carbocycles. The van der Waals surface area contributed by atoms with E-state index in [-0.39, 0.29) is 24.4 Å². The van der Waals surface area contributed by atoms with Crippen molar-refractivity contribution in [2.45, 2.75) is 26.2 Å². The third-order valence-corrected chi connectivity index (χ3v) is 5.17. The molecule has 1 aliphatic heterocycles. The van der Waals surface area contributed by atoms with Crippen molar-refractivity contribution < 1.29 is 22.4 Å². The molecule has 6 nitrogen and oxygen atoms in total. The standard InChI is InChI=1S/C20H19F4N5O/c1-10-17(13(9-26)4-6-25)27-28-19(10)29-7-5-12(20(29)30)8-11-2-3-14(21)16(22)15(11)18(23)24/h2-4,6,9,12,18,25-26H,5,7-8H2,1H3,(H,27,28)/b13-4+,25-6?,26-9?. The van der Waals surface area contributed by atoms with Crippen LogP contribution in [0.1, 0.15) is 35.2 Å². The van der Waals surface area contributed by atoms with Gasteiger partial charge in [0.25, 0.3) is 6.43 Å². The molecule has 3 N–H and O–H groups in total. The number of H-pyrrole nitrogens is 1. The lowest BCUT2D eigenvalue weighted by Gasteiger charge is -2.16. The van der Waals surface area contributed by atoms with Crippen LogP contribution in [0.25, 0.3) is 5.57 Å². The van der Waals surface area contributed by atoms with E-state index in [0.29, 0.717) is 29.1 Å². The molecule has 1 unspecified atom stereocenters. The van der Waals surface area contributed by atoms with Crippen LogP contribution < -0.4 is 4.90 Å². The SMILES string of the molecule is Cc1c(N2CCC(Cc3ccc(F)c(F)c3C(F)F)C2=O)n[nH]c1/C(C=N)=C/C=N. The Balaban J connectivity index is 1.86. The summed E-state index contributed by atoms with van der Waals surface area (Å²) in [7, 11) is 0. The van der Waals surface area contributed by atoms with Crippen LogP contribution in [-0.2, 0) is 11.2 Å². The first kappa shape index (κ1) is 21.4. The predicted octanol–water partition coefficient (Wildman–Crippen LogP) is 4.21. The fourth-order valence-corrected chi connectivity index (χ4v) is 3.65. The van der Waals surface area contributed by atoms with Crippen LogP contribution in [-0.4, -0.2) is 35.1 Å². The second-order valence-electron chi connectivity index (χ2n) is 6.89. The average molecular weight is 421 g/mol. The van der Waals surface area contributed by atoms with Gasteiger partial charge in [-0.25, -0.2) is 17.6 Å². The average Bonchev–Trinajstić information content (AvgIpc) is 3.25. The molecule has 1 aromatic heterocycles. The largest absolute Gasteiger partial charge is 0.309 e. The second-order valence-corrected chi connectivity index (χ2v) is 6.89. The second kappa shape index (κ2) is 8.60. The normalized spacial score (nSPS) is 17.1. The number of halogens is 4. The van der Waals surface area contributed by atoms with E-state index in [0.717, 1.165) is 24.6 Å². The van der Waals surface area contributed by atoms with E-state index in [1.54, 1.807) is 6.92 Å². The fourth-order valence-electron chi connectivity index (χ4n) is 3.65. The van der Waals surface area contributed by atoms with Gasteiger partial charge in [0, 0.05) is 36.0 Å². The number of aromatic amines is 1. The predicted molar refractivity (Wildman–Crippen MR) is 104 cm³/mol. The van der Waals surface area contributed by atoms with Gasteiger partial charge < -0.3 is 10.8 Å². The molecule has 3 rings (SSSR count). The number of carbonyl (C=O) groups is 1. The molecule has 1 aliphatic rings. The molecule has 0 aliphatic carbocycles. The highest BCUT2D eigenvalue weighted by molar-refractivity contribution is 6.12. The van der Waals surface area contributed by atoms with Crippen molar-refractivity contribution in [3.05, 3.63) is 52.2 Å². The zero-order valence-electron chi connectivity index (χ0n) is 16.0. The first-order valence-electron chi connectivity index (χ1n) is 9.13. The molecule has 0 spiro atoms. The van der Waals surface area contributed by atoms with Crippen molar-refractivity contribution >= 4 is 29.7 Å². The monoisotopic (exact) mass is 421 g/mol. The van der Waals surface area contributed by atoms with Crippen LogP contribution in [0.15, 0.2) is 18.2 Å². The zero-order chi connectivity index (χ0) is 22.0. The molecule has 1 atom stereocenters. The summed E-state index contributed by atoms with van der Waals surface area (Å²) in [5.41, 5.74) is 0.394. The topological polar surface area (TPSA) is 96.7 Å². The lowest BCUT2D eigenvalue weighted by atomic mass is 9.94. The Morgan fingerprint density at radius 3 is 2.73 bits per heavy atom. The molecule has 1 aromatic carbocycles. The number of alkyl halides is 2. The number of carbonyl (C=O) groups excluding carboxylic acids is 1. The number of amides is 1. The minimum Gasteiger partial charge on any atom is -0.309 e. The number of hydrogen-bond donors (Lipinski definition) is 3. The van der Waals surface area contributed by atoms with Crippen LogP contribution in [0, 0.1) is 35.3 Å². The number of benzene rings is 1. The van der Waals surface area contributed by atoms with Gasteiger partial charge in [0.2, 0.25) is 5.91 Å².